The van der Waals surface area contributed by atoms with Crippen molar-refractivity contribution >= 4 is 5.78 Å². The summed E-state index contributed by atoms with van der Waals surface area (Å²) in [5, 5.41) is 3.37. The second kappa shape index (κ2) is 5.08. The van der Waals surface area contributed by atoms with Crippen molar-refractivity contribution in [2.75, 3.05) is 26.2 Å². The fraction of sp³-hybridized carbons (Fsp3) is 0.917. The van der Waals surface area contributed by atoms with Gasteiger partial charge >= 0.3 is 0 Å². The zero-order valence-electron chi connectivity index (χ0n) is 9.67. The quantitative estimate of drug-likeness (QED) is 0.739. The number of carbonyl (C=O) groups is 1. The lowest BCUT2D eigenvalue weighted by molar-refractivity contribution is -0.124. The van der Waals surface area contributed by atoms with Gasteiger partial charge in [-0.15, -0.1) is 0 Å². The molecule has 1 saturated carbocycles. The first-order valence-corrected chi connectivity index (χ1v) is 6.24. The molecule has 1 N–H and O–H groups in total. The number of nitrogens with one attached hydrogen (secondary N) is 1. The van der Waals surface area contributed by atoms with Crippen molar-refractivity contribution in [2.24, 2.45) is 5.92 Å². The molecule has 2 atom stereocenters. The summed E-state index contributed by atoms with van der Waals surface area (Å²) in [4.78, 5) is 14.1. The Hall–Kier alpha value is -0.410. The molecule has 3 heteroatoms. The molecule has 15 heavy (non-hydrogen) atoms. The number of carbonyl (C=O) groups excluding carboxylic acids is 1. The number of ketones is 1. The SMILES string of the molecule is CC(=O)C1CCCC[C@H]1N1CCNCC1. The summed E-state index contributed by atoms with van der Waals surface area (Å²) in [5.41, 5.74) is 0. The first-order chi connectivity index (χ1) is 7.29. The van der Waals surface area contributed by atoms with E-state index >= 15 is 0 Å². The van der Waals surface area contributed by atoms with E-state index in [0.717, 1.165) is 32.6 Å². The Labute approximate surface area is 92.2 Å². The molecule has 0 aromatic carbocycles. The van der Waals surface area contributed by atoms with E-state index in [1.165, 1.54) is 19.3 Å². The van der Waals surface area contributed by atoms with Crippen molar-refractivity contribution in [3.05, 3.63) is 0 Å². The summed E-state index contributed by atoms with van der Waals surface area (Å²) >= 11 is 0. The summed E-state index contributed by atoms with van der Waals surface area (Å²) in [5.74, 6) is 0.718. The molecule has 86 valence electrons. The fourth-order valence-electron chi connectivity index (χ4n) is 3.04. The monoisotopic (exact) mass is 210 g/mol. The lowest BCUT2D eigenvalue weighted by Crippen LogP contribution is -2.52. The van der Waals surface area contributed by atoms with Gasteiger partial charge in [-0.2, -0.15) is 0 Å². The standard InChI is InChI=1S/C12H22N2O/c1-10(15)11-4-2-3-5-12(11)14-8-6-13-7-9-14/h11-13H,2-9H2,1H3/t11?,12-/m1/s1. The van der Waals surface area contributed by atoms with Gasteiger partial charge in [0.05, 0.1) is 0 Å². The highest BCUT2D eigenvalue weighted by atomic mass is 16.1. The molecule has 2 aliphatic rings. The first-order valence-electron chi connectivity index (χ1n) is 6.24. The van der Waals surface area contributed by atoms with Crippen LogP contribution in [0.2, 0.25) is 0 Å². The predicted octanol–water partition coefficient (Wildman–Crippen LogP) is 1.04. The van der Waals surface area contributed by atoms with E-state index in [1.54, 1.807) is 6.92 Å². The van der Waals surface area contributed by atoms with E-state index in [-0.39, 0.29) is 0 Å². The third-order valence-electron chi connectivity index (χ3n) is 3.87. The number of piperazine rings is 1. The van der Waals surface area contributed by atoms with Crippen LogP contribution in [-0.2, 0) is 4.79 Å². The van der Waals surface area contributed by atoms with Crippen molar-refractivity contribution in [1.29, 1.82) is 0 Å². The normalized spacial score (nSPS) is 33.9. The van der Waals surface area contributed by atoms with Crippen LogP contribution in [-0.4, -0.2) is 42.9 Å². The zero-order chi connectivity index (χ0) is 10.7. The van der Waals surface area contributed by atoms with Crippen LogP contribution >= 0.6 is 0 Å². The molecule has 0 spiro atoms. The maximum absolute atomic E-state index is 11.6. The van der Waals surface area contributed by atoms with Gasteiger partial charge in [0, 0.05) is 38.1 Å². The van der Waals surface area contributed by atoms with Gasteiger partial charge in [-0.05, 0) is 19.8 Å². The van der Waals surface area contributed by atoms with Gasteiger partial charge < -0.3 is 5.32 Å². The van der Waals surface area contributed by atoms with E-state index in [1.807, 2.05) is 0 Å². The molecule has 0 bridgehead atoms. The highest BCUT2D eigenvalue weighted by molar-refractivity contribution is 5.79. The predicted molar refractivity (Wildman–Crippen MR) is 60.9 cm³/mol. The molecule has 1 aliphatic heterocycles. The maximum Gasteiger partial charge on any atom is 0.134 e. The highest BCUT2D eigenvalue weighted by Crippen LogP contribution is 2.29. The Morgan fingerprint density at radius 2 is 1.87 bits per heavy atom. The average Bonchev–Trinajstić information content (AvgIpc) is 2.30. The maximum atomic E-state index is 11.6. The van der Waals surface area contributed by atoms with Crippen LogP contribution in [0.5, 0.6) is 0 Å². The second-order valence-corrected chi connectivity index (χ2v) is 4.85. The molecule has 2 fully saturated rings. The lowest BCUT2D eigenvalue weighted by atomic mass is 9.81. The van der Waals surface area contributed by atoms with Crippen molar-refractivity contribution < 1.29 is 4.79 Å². The third-order valence-corrected chi connectivity index (χ3v) is 3.87. The lowest BCUT2D eigenvalue weighted by Gasteiger charge is -2.41. The van der Waals surface area contributed by atoms with Crippen LogP contribution in [0.25, 0.3) is 0 Å². The molecule has 1 saturated heterocycles. The van der Waals surface area contributed by atoms with Gasteiger partial charge in [0.25, 0.3) is 0 Å². The van der Waals surface area contributed by atoms with Crippen LogP contribution in [0.4, 0.5) is 0 Å². The second-order valence-electron chi connectivity index (χ2n) is 4.85. The molecular formula is C12H22N2O. The molecule has 1 aliphatic carbocycles. The minimum atomic E-state index is 0.317. The number of rotatable bonds is 2. The summed E-state index contributed by atoms with van der Waals surface area (Å²) in [6.45, 7) is 6.18. The topological polar surface area (TPSA) is 32.3 Å². The van der Waals surface area contributed by atoms with Crippen LogP contribution in [0.3, 0.4) is 0 Å². The molecule has 0 amide bonds. The van der Waals surface area contributed by atoms with Gasteiger partial charge in [0.2, 0.25) is 0 Å². The first kappa shape index (κ1) is 11.1. The third kappa shape index (κ3) is 2.58. The highest BCUT2D eigenvalue weighted by Gasteiger charge is 2.33. The molecule has 0 radical (unpaired) electrons. The number of hydrogen-bond acceptors (Lipinski definition) is 3. The summed E-state index contributed by atoms with van der Waals surface area (Å²) in [6.07, 6.45) is 4.89. The Morgan fingerprint density at radius 1 is 1.20 bits per heavy atom. The minimum Gasteiger partial charge on any atom is -0.314 e. The molecule has 0 aromatic rings. The van der Waals surface area contributed by atoms with Crippen molar-refractivity contribution in [2.45, 2.75) is 38.6 Å². The van der Waals surface area contributed by atoms with Gasteiger partial charge in [0.15, 0.2) is 0 Å². The van der Waals surface area contributed by atoms with Crippen LogP contribution in [0.15, 0.2) is 0 Å². The van der Waals surface area contributed by atoms with Gasteiger partial charge in [-0.25, -0.2) is 0 Å². The smallest absolute Gasteiger partial charge is 0.134 e. The van der Waals surface area contributed by atoms with E-state index in [4.69, 9.17) is 0 Å². The van der Waals surface area contributed by atoms with Crippen LogP contribution < -0.4 is 5.32 Å². The summed E-state index contributed by atoms with van der Waals surface area (Å²) < 4.78 is 0. The minimum absolute atomic E-state index is 0.317. The van der Waals surface area contributed by atoms with Crippen LogP contribution in [0.1, 0.15) is 32.6 Å². The molecule has 1 heterocycles. The van der Waals surface area contributed by atoms with Crippen LogP contribution in [0, 0.1) is 5.92 Å². The van der Waals surface area contributed by atoms with E-state index in [2.05, 4.69) is 10.2 Å². The number of hydrogen-bond donors (Lipinski definition) is 1. The molecular weight excluding hydrogens is 188 g/mol. The van der Waals surface area contributed by atoms with E-state index < -0.39 is 0 Å². The van der Waals surface area contributed by atoms with E-state index in [9.17, 15) is 4.79 Å². The fourth-order valence-corrected chi connectivity index (χ4v) is 3.04. The van der Waals surface area contributed by atoms with Gasteiger partial charge in [0.1, 0.15) is 5.78 Å². The van der Waals surface area contributed by atoms with Gasteiger partial charge in [-0.3, -0.25) is 9.69 Å². The number of nitrogens with zero attached hydrogens (tertiary/aromatic N) is 1. The summed E-state index contributed by atoms with van der Waals surface area (Å²) in [6, 6.07) is 0.540. The summed E-state index contributed by atoms with van der Waals surface area (Å²) in [7, 11) is 0. The van der Waals surface area contributed by atoms with Crippen molar-refractivity contribution in [3.8, 4) is 0 Å². The largest absolute Gasteiger partial charge is 0.314 e. The Balaban J connectivity index is 1.99. The van der Waals surface area contributed by atoms with E-state index in [0.29, 0.717) is 17.7 Å². The Morgan fingerprint density at radius 3 is 2.53 bits per heavy atom. The molecule has 2 rings (SSSR count). The van der Waals surface area contributed by atoms with Gasteiger partial charge in [-0.1, -0.05) is 12.8 Å². The number of Topliss-reactive ketones (excluding diaryl/α,β-unsaturated/α-hetero) is 1. The zero-order valence-corrected chi connectivity index (χ0v) is 9.67. The molecule has 3 nitrogen and oxygen atoms in total. The molecule has 1 unspecified atom stereocenters. The van der Waals surface area contributed by atoms with Crippen molar-refractivity contribution in [1.82, 2.24) is 10.2 Å². The average molecular weight is 210 g/mol. The van der Waals surface area contributed by atoms with Crippen molar-refractivity contribution in [3.63, 3.8) is 0 Å². The molecule has 0 aromatic heterocycles. The Bertz CT molecular complexity index is 224. The Kier molecular flexibility index (Phi) is 3.76.